The number of rotatable bonds is 1. The molecular weight excluding hydrogens is 193 g/mol. The lowest BCUT2D eigenvalue weighted by Crippen LogP contribution is -2.58. The molecule has 0 N–H and O–H groups in total. The highest BCUT2D eigenvalue weighted by molar-refractivity contribution is 6.03. The molecular formula is C12H12FNO. The fraction of sp³-hybridized carbons (Fsp3) is 0.417. The molecule has 0 radical (unpaired) electrons. The highest BCUT2D eigenvalue weighted by Gasteiger charge is 2.50. The molecule has 3 heteroatoms. The fourth-order valence-corrected chi connectivity index (χ4v) is 2.72. The average Bonchev–Trinajstić information content (AvgIpc) is 2.65. The molecule has 1 heterocycles. The number of benzene rings is 1. The second-order valence-electron chi connectivity index (χ2n) is 4.29. The van der Waals surface area contributed by atoms with Gasteiger partial charge in [0.05, 0.1) is 5.92 Å². The van der Waals surface area contributed by atoms with Crippen molar-refractivity contribution in [2.75, 3.05) is 4.90 Å². The molecule has 78 valence electrons. The van der Waals surface area contributed by atoms with E-state index >= 15 is 0 Å². The standard InChI is InChI=1S/C12H12FNO/c13-8-4-6-9(7-5-8)14-11-3-1-2-10(11)12(14)15/h4-7,10-11H,1-3H2/t10?,11-/m0/s1. The van der Waals surface area contributed by atoms with Crippen LogP contribution in [0.25, 0.3) is 0 Å². The third-order valence-corrected chi connectivity index (χ3v) is 3.47. The number of hydrogen-bond acceptors (Lipinski definition) is 1. The molecule has 1 saturated heterocycles. The van der Waals surface area contributed by atoms with Gasteiger partial charge in [-0.15, -0.1) is 0 Å². The molecule has 0 aromatic heterocycles. The molecule has 1 amide bonds. The van der Waals surface area contributed by atoms with E-state index in [1.54, 1.807) is 12.1 Å². The summed E-state index contributed by atoms with van der Waals surface area (Å²) in [5.74, 6) is 0.203. The van der Waals surface area contributed by atoms with Crippen molar-refractivity contribution in [1.82, 2.24) is 0 Å². The molecule has 1 aromatic carbocycles. The van der Waals surface area contributed by atoms with Crippen molar-refractivity contribution in [3.8, 4) is 0 Å². The number of halogens is 1. The SMILES string of the molecule is O=C1C2CCC[C@@H]2N1c1ccc(F)cc1. The van der Waals surface area contributed by atoms with E-state index in [1.807, 2.05) is 4.90 Å². The van der Waals surface area contributed by atoms with E-state index < -0.39 is 0 Å². The summed E-state index contributed by atoms with van der Waals surface area (Å²) in [6.07, 6.45) is 3.26. The molecule has 15 heavy (non-hydrogen) atoms. The van der Waals surface area contributed by atoms with Crippen LogP contribution in [0.4, 0.5) is 10.1 Å². The first-order valence-electron chi connectivity index (χ1n) is 5.36. The van der Waals surface area contributed by atoms with Crippen molar-refractivity contribution < 1.29 is 9.18 Å². The zero-order valence-electron chi connectivity index (χ0n) is 8.32. The Morgan fingerprint density at radius 3 is 2.67 bits per heavy atom. The number of carbonyl (C=O) groups is 1. The van der Waals surface area contributed by atoms with E-state index in [9.17, 15) is 9.18 Å². The first-order valence-corrected chi connectivity index (χ1v) is 5.36. The Morgan fingerprint density at radius 2 is 1.93 bits per heavy atom. The predicted octanol–water partition coefficient (Wildman–Crippen LogP) is 2.34. The molecule has 0 bridgehead atoms. The number of amides is 1. The van der Waals surface area contributed by atoms with Crippen LogP contribution in [0.1, 0.15) is 19.3 Å². The molecule has 2 atom stereocenters. The van der Waals surface area contributed by atoms with Gasteiger partial charge in [0.2, 0.25) is 5.91 Å². The van der Waals surface area contributed by atoms with Crippen molar-refractivity contribution in [2.45, 2.75) is 25.3 Å². The van der Waals surface area contributed by atoms with Gasteiger partial charge in [0, 0.05) is 11.7 Å². The molecule has 2 fully saturated rings. The second kappa shape index (κ2) is 3.05. The Morgan fingerprint density at radius 1 is 1.20 bits per heavy atom. The van der Waals surface area contributed by atoms with Crippen molar-refractivity contribution in [1.29, 1.82) is 0 Å². The zero-order chi connectivity index (χ0) is 10.4. The van der Waals surface area contributed by atoms with Crippen LogP contribution >= 0.6 is 0 Å². The van der Waals surface area contributed by atoms with Crippen LogP contribution < -0.4 is 4.90 Å². The first kappa shape index (κ1) is 8.89. The number of hydrogen-bond donors (Lipinski definition) is 0. The van der Waals surface area contributed by atoms with Gasteiger partial charge in [-0.05, 0) is 37.1 Å². The van der Waals surface area contributed by atoms with Gasteiger partial charge >= 0.3 is 0 Å². The normalized spacial score (nSPS) is 28.9. The largest absolute Gasteiger partial charge is 0.308 e. The second-order valence-corrected chi connectivity index (χ2v) is 4.29. The molecule has 1 aliphatic carbocycles. The number of anilines is 1. The minimum absolute atomic E-state index is 0.212. The molecule has 2 aliphatic rings. The van der Waals surface area contributed by atoms with Gasteiger partial charge in [0.1, 0.15) is 5.82 Å². The number of fused-ring (bicyclic) bond motifs is 1. The summed E-state index contributed by atoms with van der Waals surface area (Å²) in [4.78, 5) is 13.6. The molecule has 0 spiro atoms. The Labute approximate surface area is 87.7 Å². The van der Waals surface area contributed by atoms with Gasteiger partial charge in [0.25, 0.3) is 0 Å². The lowest BCUT2D eigenvalue weighted by molar-refractivity contribution is -0.128. The quantitative estimate of drug-likeness (QED) is 0.644. The Kier molecular flexibility index (Phi) is 1.81. The van der Waals surface area contributed by atoms with Gasteiger partial charge in [-0.1, -0.05) is 6.42 Å². The summed E-state index contributed by atoms with van der Waals surface area (Å²) in [6.45, 7) is 0. The monoisotopic (exact) mass is 205 g/mol. The van der Waals surface area contributed by atoms with E-state index in [2.05, 4.69) is 0 Å². The lowest BCUT2D eigenvalue weighted by atomic mass is 9.90. The number of carbonyl (C=O) groups excluding carboxylic acids is 1. The molecule has 1 unspecified atom stereocenters. The van der Waals surface area contributed by atoms with Crippen LogP contribution in [0, 0.1) is 11.7 Å². The van der Waals surface area contributed by atoms with E-state index in [0.29, 0.717) is 6.04 Å². The van der Waals surface area contributed by atoms with Crippen LogP contribution in [0.5, 0.6) is 0 Å². The maximum absolute atomic E-state index is 12.7. The highest BCUT2D eigenvalue weighted by atomic mass is 19.1. The van der Waals surface area contributed by atoms with Crippen LogP contribution in [0.2, 0.25) is 0 Å². The van der Waals surface area contributed by atoms with Crippen molar-refractivity contribution in [3.05, 3.63) is 30.1 Å². The zero-order valence-corrected chi connectivity index (χ0v) is 8.32. The van der Waals surface area contributed by atoms with Gasteiger partial charge in [-0.2, -0.15) is 0 Å². The fourth-order valence-electron chi connectivity index (χ4n) is 2.72. The van der Waals surface area contributed by atoms with Crippen LogP contribution in [-0.4, -0.2) is 11.9 Å². The van der Waals surface area contributed by atoms with E-state index in [4.69, 9.17) is 0 Å². The van der Waals surface area contributed by atoms with Crippen molar-refractivity contribution >= 4 is 11.6 Å². The smallest absolute Gasteiger partial charge is 0.232 e. The summed E-state index contributed by atoms with van der Waals surface area (Å²) in [6, 6.07) is 6.56. The molecule has 3 rings (SSSR count). The van der Waals surface area contributed by atoms with Gasteiger partial charge in [-0.25, -0.2) is 4.39 Å². The summed E-state index contributed by atoms with van der Waals surface area (Å²) >= 11 is 0. The van der Waals surface area contributed by atoms with Gasteiger partial charge in [0.15, 0.2) is 0 Å². The third-order valence-electron chi connectivity index (χ3n) is 3.47. The first-order chi connectivity index (χ1) is 7.27. The average molecular weight is 205 g/mol. The van der Waals surface area contributed by atoms with Crippen LogP contribution in [0.3, 0.4) is 0 Å². The Hall–Kier alpha value is -1.38. The molecule has 1 aliphatic heterocycles. The summed E-state index contributed by atoms with van der Waals surface area (Å²) in [5.41, 5.74) is 0.838. The maximum Gasteiger partial charge on any atom is 0.232 e. The summed E-state index contributed by atoms with van der Waals surface area (Å²) in [5, 5.41) is 0. The predicted molar refractivity (Wildman–Crippen MR) is 55.0 cm³/mol. The van der Waals surface area contributed by atoms with Crippen molar-refractivity contribution in [3.63, 3.8) is 0 Å². The molecule has 1 saturated carbocycles. The van der Waals surface area contributed by atoms with Crippen LogP contribution in [-0.2, 0) is 4.79 Å². The maximum atomic E-state index is 12.7. The van der Waals surface area contributed by atoms with E-state index in [-0.39, 0.29) is 17.6 Å². The lowest BCUT2D eigenvalue weighted by Gasteiger charge is -2.43. The molecule has 1 aromatic rings. The van der Waals surface area contributed by atoms with Crippen molar-refractivity contribution in [2.24, 2.45) is 5.92 Å². The van der Waals surface area contributed by atoms with E-state index in [1.165, 1.54) is 12.1 Å². The molecule has 2 nitrogen and oxygen atoms in total. The van der Waals surface area contributed by atoms with Gasteiger partial charge < -0.3 is 4.90 Å². The van der Waals surface area contributed by atoms with E-state index in [0.717, 1.165) is 24.9 Å². The minimum atomic E-state index is -0.255. The summed E-state index contributed by atoms with van der Waals surface area (Å²) < 4.78 is 12.7. The summed E-state index contributed by atoms with van der Waals surface area (Å²) in [7, 11) is 0. The highest BCUT2D eigenvalue weighted by Crippen LogP contribution is 2.42. The Balaban J connectivity index is 1.89. The minimum Gasteiger partial charge on any atom is -0.308 e. The number of β-lactam (4-membered cyclic amide) rings is 1. The Bertz CT molecular complexity index is 401. The van der Waals surface area contributed by atoms with Gasteiger partial charge in [-0.3, -0.25) is 4.79 Å². The topological polar surface area (TPSA) is 20.3 Å². The number of nitrogens with zero attached hydrogens (tertiary/aromatic N) is 1. The third kappa shape index (κ3) is 1.19. The van der Waals surface area contributed by atoms with Crippen LogP contribution in [0.15, 0.2) is 24.3 Å².